The molecule has 0 spiro atoms. The number of anilines is 4. The van der Waals surface area contributed by atoms with E-state index in [9.17, 15) is 9.59 Å². The molecular formula is C53H66F2N12O2. The van der Waals surface area contributed by atoms with Crippen molar-refractivity contribution >= 4 is 53.4 Å². The number of likely N-dealkylation sites (N-methyl/N-ethyl adjacent to an activating group) is 1. The molecule has 364 valence electrons. The number of nitrogens with two attached hydrogens (primary N) is 4. The average Bonchev–Trinajstić information content (AvgIpc) is 3.86. The topological polar surface area (TPSA) is 177 Å². The number of carbonyl (C=O) groups is 2. The molecule has 8 aliphatic heterocycles. The second-order valence-electron chi connectivity index (χ2n) is 19.5. The van der Waals surface area contributed by atoms with E-state index in [0.717, 1.165) is 84.1 Å². The Morgan fingerprint density at radius 1 is 1.03 bits per heavy atom. The zero-order valence-electron chi connectivity index (χ0n) is 40.1. The van der Waals surface area contributed by atoms with Crippen LogP contribution in [0, 0.1) is 0 Å². The third-order valence-corrected chi connectivity index (χ3v) is 15.1. The van der Waals surface area contributed by atoms with Crippen molar-refractivity contribution in [1.82, 2.24) is 29.2 Å². The Labute approximate surface area is 403 Å². The second kappa shape index (κ2) is 19.3. The van der Waals surface area contributed by atoms with Gasteiger partial charge in [-0.25, -0.2) is 14.6 Å². The summed E-state index contributed by atoms with van der Waals surface area (Å²) >= 11 is 0. The van der Waals surface area contributed by atoms with E-state index in [1.165, 1.54) is 5.57 Å². The van der Waals surface area contributed by atoms with E-state index in [1.807, 2.05) is 35.6 Å². The maximum Gasteiger partial charge on any atom is 0.264 e. The number of halogens is 2. The largest absolute Gasteiger partial charge is 0.402 e. The number of allylic oxidation sites excluding steroid dienone is 4. The first-order valence-corrected chi connectivity index (χ1v) is 24.2. The molecule has 2 fully saturated rings. The number of nitrogen functional groups attached to an aromatic ring is 1. The van der Waals surface area contributed by atoms with Crippen LogP contribution in [-0.4, -0.2) is 87.2 Å². The molecule has 4 aromatic rings. The number of hydrazine groups is 1. The molecule has 8 N–H and O–H groups in total. The van der Waals surface area contributed by atoms with Gasteiger partial charge in [0.05, 0.1) is 42.1 Å². The summed E-state index contributed by atoms with van der Waals surface area (Å²) in [5.41, 5.74) is 31.3. The standard InChI is InChI=1S/C53H66F2N12O2/c1-6-7-10-40(30-68)61(5)33(3)42-16-15-39-22-37(42)21-35-11-13-38(14-12-35)67-48-17-19-62(31-69)27-46(48)53(60-67)64-18-8-9-36-23-43(44(52(54)55)24-49(36)64)45-28-65(50(51(45)58)20-32(2)56)34(4)47(57)29-66(59)41-25-63(39)26-41/h6,15-16,20-24,28-31,34,38,40-41,52H,1,3,7-14,17-19,25-27,56-59H2,2,4-5H3/b32-20-,35-21?,47-29-/t34-,38?,40?/m1/s1. The van der Waals surface area contributed by atoms with Crippen molar-refractivity contribution in [3.63, 3.8) is 0 Å². The van der Waals surface area contributed by atoms with Crippen LogP contribution in [0.15, 0.2) is 78.9 Å². The van der Waals surface area contributed by atoms with Crippen LogP contribution in [0.3, 0.4) is 0 Å². The SMILES string of the molecule is C=CCCC(C=O)N(C)C(=C)c1ccc2cc1C=C1CCC(CC1)n1nc(c3c1CCN(C=O)C3)N1CCCc3cc(c(C(F)F)cc31)-c1cn(c(/C=C(/C)N)c1N)[C@H](C)/C(N)=C/N(N)C1CN2C1. The van der Waals surface area contributed by atoms with Crippen molar-refractivity contribution in [2.24, 2.45) is 17.3 Å². The van der Waals surface area contributed by atoms with Crippen LogP contribution < -0.4 is 32.8 Å². The first kappa shape index (κ1) is 47.3. The number of aryl methyl sites for hydroxylation is 1. The van der Waals surface area contributed by atoms with Crippen molar-refractivity contribution in [3.05, 3.63) is 118 Å². The van der Waals surface area contributed by atoms with Gasteiger partial charge < -0.3 is 51.2 Å². The van der Waals surface area contributed by atoms with Gasteiger partial charge in [0.2, 0.25) is 6.41 Å². The number of alkyl halides is 2. The Balaban J connectivity index is 1.17. The lowest BCUT2D eigenvalue weighted by molar-refractivity contribution is -0.119. The zero-order chi connectivity index (χ0) is 48.8. The third-order valence-electron chi connectivity index (χ3n) is 15.1. The molecule has 9 aliphatic rings. The van der Waals surface area contributed by atoms with Gasteiger partial charge in [-0.3, -0.25) is 9.48 Å². The van der Waals surface area contributed by atoms with Crippen LogP contribution in [0.25, 0.3) is 29.0 Å². The fraction of sp³-hybridized carbons (Fsp3) is 0.415. The molecule has 1 amide bonds. The zero-order valence-corrected chi connectivity index (χ0v) is 40.1. The van der Waals surface area contributed by atoms with Gasteiger partial charge in [0, 0.05) is 108 Å². The molecule has 2 aromatic carbocycles. The number of nitrogens with zero attached hydrogens (tertiary/aromatic N) is 8. The van der Waals surface area contributed by atoms with E-state index in [2.05, 4.69) is 51.9 Å². The minimum atomic E-state index is -2.82. The first-order chi connectivity index (χ1) is 33.2. The summed E-state index contributed by atoms with van der Waals surface area (Å²) < 4.78 is 35.2. The highest BCUT2D eigenvalue weighted by molar-refractivity contribution is 5.87. The number of carbonyl (C=O) groups excluding carboxylic acids is 2. The van der Waals surface area contributed by atoms with Crippen molar-refractivity contribution in [1.29, 1.82) is 0 Å². The summed E-state index contributed by atoms with van der Waals surface area (Å²) in [4.78, 5) is 32.7. The molecule has 0 radical (unpaired) electrons. The van der Waals surface area contributed by atoms with E-state index in [1.54, 1.807) is 41.4 Å². The van der Waals surface area contributed by atoms with Gasteiger partial charge in [-0.05, 0) is 112 Å². The molecule has 1 unspecified atom stereocenters. The number of hydrogen-bond donors (Lipinski definition) is 4. The molecule has 1 saturated heterocycles. The third kappa shape index (κ3) is 8.90. The van der Waals surface area contributed by atoms with E-state index >= 15 is 8.78 Å². The number of amides is 1. The van der Waals surface area contributed by atoms with Gasteiger partial charge in [0.15, 0.2) is 5.82 Å². The minimum Gasteiger partial charge on any atom is -0.402 e. The number of aldehydes is 1. The number of rotatable bonds is 10. The molecule has 2 aromatic heterocycles. The predicted molar refractivity (Wildman–Crippen MR) is 272 cm³/mol. The summed E-state index contributed by atoms with van der Waals surface area (Å²) in [5.74, 6) is 7.46. The van der Waals surface area contributed by atoms with Gasteiger partial charge in [0.25, 0.3) is 6.43 Å². The smallest absolute Gasteiger partial charge is 0.264 e. The van der Waals surface area contributed by atoms with Gasteiger partial charge >= 0.3 is 0 Å². The number of hydrogen-bond acceptors (Lipinski definition) is 11. The summed E-state index contributed by atoms with van der Waals surface area (Å²) in [7, 11) is 1.92. The van der Waals surface area contributed by atoms with Crippen molar-refractivity contribution < 1.29 is 18.4 Å². The highest BCUT2D eigenvalue weighted by Crippen LogP contribution is 2.47. The highest BCUT2D eigenvalue weighted by Gasteiger charge is 2.36. The number of benzene rings is 2. The predicted octanol–water partition coefficient (Wildman–Crippen LogP) is 8.16. The van der Waals surface area contributed by atoms with Crippen LogP contribution in [-0.2, 0) is 29.0 Å². The second-order valence-corrected chi connectivity index (χ2v) is 19.5. The van der Waals surface area contributed by atoms with Gasteiger partial charge in [0.1, 0.15) is 6.29 Å². The van der Waals surface area contributed by atoms with E-state index in [0.29, 0.717) is 104 Å². The molecule has 2 atom stereocenters. The Kier molecular flexibility index (Phi) is 13.2. The fourth-order valence-electron chi connectivity index (χ4n) is 10.9. The van der Waals surface area contributed by atoms with Crippen molar-refractivity contribution in [2.45, 2.75) is 109 Å². The van der Waals surface area contributed by atoms with Crippen molar-refractivity contribution in [2.75, 3.05) is 48.8 Å². The Morgan fingerprint density at radius 3 is 2.49 bits per heavy atom. The number of aromatic nitrogens is 3. The highest BCUT2D eigenvalue weighted by atomic mass is 19.3. The van der Waals surface area contributed by atoms with Crippen LogP contribution in [0.1, 0.15) is 117 Å². The summed E-state index contributed by atoms with van der Waals surface area (Å²) in [6.07, 6.45) is 15.3. The van der Waals surface area contributed by atoms with Crippen LogP contribution in [0.2, 0.25) is 0 Å². The monoisotopic (exact) mass is 941 g/mol. The van der Waals surface area contributed by atoms with Gasteiger partial charge in [-0.1, -0.05) is 30.4 Å². The van der Waals surface area contributed by atoms with Gasteiger partial charge in [-0.15, -0.1) is 6.58 Å². The molecule has 10 heterocycles. The molecule has 1 saturated carbocycles. The van der Waals surface area contributed by atoms with E-state index < -0.39 is 12.5 Å². The molecular weight excluding hydrogens is 875 g/mol. The molecule has 69 heavy (non-hydrogen) atoms. The molecule has 14 bridgehead atoms. The molecule has 16 heteroatoms. The van der Waals surface area contributed by atoms with Crippen molar-refractivity contribution in [3.8, 4) is 11.1 Å². The lowest BCUT2D eigenvalue weighted by atomic mass is 9.88. The lowest BCUT2D eigenvalue weighted by Crippen LogP contribution is -2.60. The van der Waals surface area contributed by atoms with Crippen LogP contribution in [0.5, 0.6) is 0 Å². The van der Waals surface area contributed by atoms with E-state index in [-0.39, 0.29) is 23.7 Å². The van der Waals surface area contributed by atoms with Crippen LogP contribution in [0.4, 0.5) is 31.7 Å². The summed E-state index contributed by atoms with van der Waals surface area (Å²) in [6, 6.07) is 9.15. The van der Waals surface area contributed by atoms with E-state index in [4.69, 9.17) is 28.1 Å². The minimum absolute atomic E-state index is 0.0416. The Hall–Kier alpha value is -6.81. The first-order valence-electron chi connectivity index (χ1n) is 24.2. The molecule has 14 nitrogen and oxygen atoms in total. The fourth-order valence-corrected chi connectivity index (χ4v) is 10.9. The maximum absolute atomic E-state index is 15.5. The molecule has 1 aliphatic carbocycles. The average molecular weight is 941 g/mol. The molecule has 13 rings (SSSR count). The maximum atomic E-state index is 15.5. The Morgan fingerprint density at radius 2 is 1.80 bits per heavy atom. The Bertz CT molecular complexity index is 2750. The lowest BCUT2D eigenvalue weighted by Gasteiger charge is -2.45. The number of fused-ring (bicyclic) bond motifs is 1. The van der Waals surface area contributed by atoms with Crippen LogP contribution >= 0.6 is 0 Å². The normalized spacial score (nSPS) is 21.6. The summed E-state index contributed by atoms with van der Waals surface area (Å²) in [5, 5.41) is 7.05. The summed E-state index contributed by atoms with van der Waals surface area (Å²) in [6.45, 7) is 14.9. The van der Waals surface area contributed by atoms with Gasteiger partial charge in [-0.2, -0.15) is 5.10 Å². The quantitative estimate of drug-likeness (QED) is 0.0686.